The van der Waals surface area contributed by atoms with Crippen LogP contribution in [-0.4, -0.2) is 35.5 Å². The number of carboxylic acids is 1. The summed E-state index contributed by atoms with van der Waals surface area (Å²) in [5.74, 6) is 0.418. The second-order valence-electron chi connectivity index (χ2n) is 6.55. The summed E-state index contributed by atoms with van der Waals surface area (Å²) < 4.78 is 11.5. The van der Waals surface area contributed by atoms with Crippen molar-refractivity contribution in [2.45, 2.75) is 38.2 Å². The van der Waals surface area contributed by atoms with Crippen LogP contribution in [0.1, 0.15) is 29.5 Å². The zero-order chi connectivity index (χ0) is 18.4. The number of aliphatic carboxylic acids is 1. The quantitative estimate of drug-likeness (QED) is 0.722. The van der Waals surface area contributed by atoms with E-state index < -0.39 is 5.97 Å². The number of aliphatic hydroxyl groups is 1. The summed E-state index contributed by atoms with van der Waals surface area (Å²) in [6.45, 7) is -0.292. The summed E-state index contributed by atoms with van der Waals surface area (Å²) in [6, 6.07) is 14.2. The first kappa shape index (κ1) is 18.3. The Balaban J connectivity index is 1.68. The Labute approximate surface area is 153 Å². The first-order valence-electron chi connectivity index (χ1n) is 8.97. The highest BCUT2D eigenvalue weighted by atomic mass is 16.5. The summed E-state index contributed by atoms with van der Waals surface area (Å²) in [7, 11) is 0. The van der Waals surface area contributed by atoms with Crippen LogP contribution in [0.2, 0.25) is 0 Å². The van der Waals surface area contributed by atoms with Gasteiger partial charge in [0.15, 0.2) is 6.61 Å². The molecule has 1 unspecified atom stereocenters. The smallest absolute Gasteiger partial charge is 0.341 e. The lowest BCUT2D eigenvalue weighted by molar-refractivity contribution is -0.139. The minimum Gasteiger partial charge on any atom is -0.490 e. The summed E-state index contributed by atoms with van der Waals surface area (Å²) in [5, 5.41) is 17.9. The van der Waals surface area contributed by atoms with E-state index in [1.54, 1.807) is 0 Å². The minimum absolute atomic E-state index is 0.0794. The van der Waals surface area contributed by atoms with Crippen molar-refractivity contribution in [2.75, 3.05) is 13.2 Å². The number of rotatable bonds is 9. The van der Waals surface area contributed by atoms with Crippen LogP contribution in [0.25, 0.3) is 0 Å². The van der Waals surface area contributed by atoms with Crippen molar-refractivity contribution in [1.29, 1.82) is 0 Å². The molecule has 5 heteroatoms. The third kappa shape index (κ3) is 4.76. The maximum atomic E-state index is 10.8. The Morgan fingerprint density at radius 2 is 2.00 bits per heavy atom. The van der Waals surface area contributed by atoms with Gasteiger partial charge in [0, 0.05) is 18.6 Å². The van der Waals surface area contributed by atoms with E-state index in [-0.39, 0.29) is 19.3 Å². The second-order valence-corrected chi connectivity index (χ2v) is 6.55. The first-order valence-corrected chi connectivity index (χ1v) is 8.97. The van der Waals surface area contributed by atoms with Crippen LogP contribution >= 0.6 is 0 Å². The Bertz CT molecular complexity index is 742. The van der Waals surface area contributed by atoms with Gasteiger partial charge in [-0.3, -0.25) is 0 Å². The number of carboxylic acid groups (broad SMARTS) is 1. The molecule has 1 heterocycles. The third-order valence-corrected chi connectivity index (χ3v) is 4.54. The molecular weight excluding hydrogens is 332 g/mol. The molecule has 0 aromatic heterocycles. The lowest BCUT2D eigenvalue weighted by Gasteiger charge is -2.12. The number of hydrogen-bond donors (Lipinski definition) is 2. The van der Waals surface area contributed by atoms with Gasteiger partial charge in [-0.25, -0.2) is 4.79 Å². The maximum Gasteiger partial charge on any atom is 0.341 e. The highest BCUT2D eigenvalue weighted by molar-refractivity contribution is 5.68. The number of ether oxygens (including phenoxy) is 2. The van der Waals surface area contributed by atoms with Crippen molar-refractivity contribution in [1.82, 2.24) is 0 Å². The standard InChI is InChI=1S/C21H24O5/c22-10-4-7-16-12-20-17(13-19(16)25-14-21(23)24)11-18(26-20)9-8-15-5-2-1-3-6-15/h1-3,5-6,12-13,18,22H,4,7-11,14H2,(H,23,24). The number of carbonyl (C=O) groups is 1. The number of aliphatic hydroxyl groups excluding tert-OH is 1. The zero-order valence-electron chi connectivity index (χ0n) is 14.7. The Kier molecular flexibility index (Phi) is 6.12. The van der Waals surface area contributed by atoms with Gasteiger partial charge in [-0.15, -0.1) is 0 Å². The molecule has 0 saturated heterocycles. The Morgan fingerprint density at radius 1 is 1.19 bits per heavy atom. The van der Waals surface area contributed by atoms with Crippen LogP contribution < -0.4 is 9.47 Å². The average molecular weight is 356 g/mol. The van der Waals surface area contributed by atoms with Gasteiger partial charge in [0.1, 0.15) is 17.6 Å². The maximum absolute atomic E-state index is 10.8. The number of hydrogen-bond acceptors (Lipinski definition) is 4. The van der Waals surface area contributed by atoms with Crippen LogP contribution in [0.5, 0.6) is 11.5 Å². The molecule has 0 spiro atoms. The van der Waals surface area contributed by atoms with E-state index in [2.05, 4.69) is 12.1 Å². The summed E-state index contributed by atoms with van der Waals surface area (Å²) in [4.78, 5) is 10.8. The molecule has 2 N–H and O–H groups in total. The van der Waals surface area contributed by atoms with Gasteiger partial charge < -0.3 is 19.7 Å². The molecule has 0 aliphatic carbocycles. The van der Waals surface area contributed by atoms with Gasteiger partial charge in [0.2, 0.25) is 0 Å². The SMILES string of the molecule is O=C(O)COc1cc2c(cc1CCCO)OC(CCc1ccccc1)C2. The fraction of sp³-hybridized carbons (Fsp3) is 0.381. The highest BCUT2D eigenvalue weighted by Crippen LogP contribution is 2.36. The monoisotopic (exact) mass is 356 g/mol. The van der Waals surface area contributed by atoms with Gasteiger partial charge in [0.25, 0.3) is 0 Å². The minimum atomic E-state index is -1.00. The Morgan fingerprint density at radius 3 is 2.73 bits per heavy atom. The van der Waals surface area contributed by atoms with Crippen molar-refractivity contribution in [2.24, 2.45) is 0 Å². The summed E-state index contributed by atoms with van der Waals surface area (Å²) >= 11 is 0. The van der Waals surface area contributed by atoms with E-state index in [1.165, 1.54) is 5.56 Å². The third-order valence-electron chi connectivity index (χ3n) is 4.54. The van der Waals surface area contributed by atoms with Crippen LogP contribution in [-0.2, 0) is 24.1 Å². The van der Waals surface area contributed by atoms with Crippen molar-refractivity contribution >= 4 is 5.97 Å². The fourth-order valence-corrected chi connectivity index (χ4v) is 3.25. The number of aryl methyl sites for hydroxylation is 2. The van der Waals surface area contributed by atoms with Crippen LogP contribution in [0.4, 0.5) is 0 Å². The van der Waals surface area contributed by atoms with Crippen LogP contribution in [0.15, 0.2) is 42.5 Å². The molecule has 1 aliphatic rings. The molecule has 0 fully saturated rings. The molecule has 0 bridgehead atoms. The molecular formula is C21H24O5. The van der Waals surface area contributed by atoms with Gasteiger partial charge in [-0.2, -0.15) is 0 Å². The van der Waals surface area contributed by atoms with Crippen molar-refractivity contribution in [3.63, 3.8) is 0 Å². The van der Waals surface area contributed by atoms with Gasteiger partial charge in [-0.05, 0) is 48.9 Å². The average Bonchev–Trinajstić information content (AvgIpc) is 3.05. The van der Waals surface area contributed by atoms with E-state index in [4.69, 9.17) is 19.7 Å². The van der Waals surface area contributed by atoms with E-state index in [9.17, 15) is 4.79 Å². The van der Waals surface area contributed by atoms with Crippen molar-refractivity contribution in [3.8, 4) is 11.5 Å². The molecule has 1 aliphatic heterocycles. The first-order chi connectivity index (χ1) is 12.7. The predicted molar refractivity (Wildman–Crippen MR) is 97.9 cm³/mol. The van der Waals surface area contributed by atoms with Gasteiger partial charge in [0.05, 0.1) is 0 Å². The second kappa shape index (κ2) is 8.72. The van der Waals surface area contributed by atoms with E-state index in [0.29, 0.717) is 18.6 Å². The van der Waals surface area contributed by atoms with E-state index in [0.717, 1.165) is 36.1 Å². The number of benzene rings is 2. The van der Waals surface area contributed by atoms with Crippen molar-refractivity contribution < 1.29 is 24.5 Å². The molecule has 0 amide bonds. The molecule has 5 nitrogen and oxygen atoms in total. The largest absolute Gasteiger partial charge is 0.490 e. The normalized spacial score (nSPS) is 15.3. The van der Waals surface area contributed by atoms with Crippen molar-refractivity contribution in [3.05, 3.63) is 59.2 Å². The van der Waals surface area contributed by atoms with Gasteiger partial charge >= 0.3 is 5.97 Å². The molecule has 0 radical (unpaired) electrons. The van der Waals surface area contributed by atoms with Gasteiger partial charge in [-0.1, -0.05) is 30.3 Å². The lowest BCUT2D eigenvalue weighted by Crippen LogP contribution is -2.13. The number of fused-ring (bicyclic) bond motifs is 1. The van der Waals surface area contributed by atoms with Crippen LogP contribution in [0.3, 0.4) is 0 Å². The topological polar surface area (TPSA) is 76.0 Å². The van der Waals surface area contributed by atoms with E-state index >= 15 is 0 Å². The Hall–Kier alpha value is -2.53. The molecule has 3 rings (SSSR count). The summed E-state index contributed by atoms with van der Waals surface area (Å²) in [5.41, 5.74) is 3.22. The lowest BCUT2D eigenvalue weighted by atomic mass is 10.0. The highest BCUT2D eigenvalue weighted by Gasteiger charge is 2.25. The molecule has 1 atom stereocenters. The van der Waals surface area contributed by atoms with E-state index in [1.807, 2.05) is 30.3 Å². The predicted octanol–water partition coefficient (Wildman–Crippen LogP) is 3.01. The fourth-order valence-electron chi connectivity index (χ4n) is 3.25. The molecule has 2 aromatic carbocycles. The molecule has 0 saturated carbocycles. The van der Waals surface area contributed by atoms with Crippen LogP contribution in [0, 0.1) is 0 Å². The molecule has 2 aromatic rings. The zero-order valence-corrected chi connectivity index (χ0v) is 14.7. The molecule has 26 heavy (non-hydrogen) atoms. The molecule has 138 valence electrons. The summed E-state index contributed by atoms with van der Waals surface area (Å²) in [6.07, 6.45) is 4.02.